The fourth-order valence-electron chi connectivity index (χ4n) is 2.89. The number of alkyl halides is 3. The molecule has 2 aromatic rings. The van der Waals surface area contributed by atoms with E-state index in [4.69, 9.17) is 0 Å². The molecule has 3 rings (SSSR count). The molecule has 1 aliphatic heterocycles. The molecule has 7 nitrogen and oxygen atoms in total. The van der Waals surface area contributed by atoms with Crippen LogP contribution in [-0.4, -0.2) is 30.3 Å². The van der Waals surface area contributed by atoms with Crippen LogP contribution in [0.3, 0.4) is 0 Å². The summed E-state index contributed by atoms with van der Waals surface area (Å²) in [6.45, 7) is 0. The number of rotatable bonds is 3. The van der Waals surface area contributed by atoms with Crippen molar-refractivity contribution >= 4 is 32.8 Å². The number of halogens is 3. The van der Waals surface area contributed by atoms with Gasteiger partial charge < -0.3 is 8.75 Å². The first-order chi connectivity index (χ1) is 12.0. The van der Waals surface area contributed by atoms with Gasteiger partial charge in [0.1, 0.15) is 5.75 Å². The predicted molar refractivity (Wildman–Crippen MR) is 83.6 cm³/mol. The van der Waals surface area contributed by atoms with Crippen LogP contribution in [0, 0.1) is 0 Å². The Labute approximate surface area is 145 Å². The van der Waals surface area contributed by atoms with E-state index >= 15 is 0 Å². The second kappa shape index (κ2) is 6.01. The highest BCUT2D eigenvalue weighted by Gasteiger charge is 2.48. The quantitative estimate of drug-likeness (QED) is 0.491. The van der Waals surface area contributed by atoms with Crippen molar-refractivity contribution in [2.75, 3.05) is 0 Å². The largest absolute Gasteiger partial charge is 0.534 e. The van der Waals surface area contributed by atoms with Crippen molar-refractivity contribution in [3.63, 3.8) is 0 Å². The van der Waals surface area contributed by atoms with E-state index in [2.05, 4.69) is 9.50 Å². The van der Waals surface area contributed by atoms with Crippen LogP contribution in [0.5, 0.6) is 5.75 Å². The number of aromatic nitrogens is 1. The average Bonchev–Trinajstić information content (AvgIpc) is 2.82. The van der Waals surface area contributed by atoms with Gasteiger partial charge >= 0.3 is 15.6 Å². The summed E-state index contributed by atoms with van der Waals surface area (Å²) in [5.41, 5.74) is -4.55. The molecule has 1 atom stereocenters. The number of benzene rings is 1. The zero-order valence-electron chi connectivity index (χ0n) is 13.3. The van der Waals surface area contributed by atoms with Gasteiger partial charge in [-0.2, -0.15) is 21.6 Å². The summed E-state index contributed by atoms with van der Waals surface area (Å²) in [6, 6.07) is 3.62. The van der Waals surface area contributed by atoms with E-state index in [1.165, 1.54) is 6.07 Å². The van der Waals surface area contributed by atoms with Crippen molar-refractivity contribution in [3.8, 4) is 5.75 Å². The molecule has 0 bridgehead atoms. The third-order valence-corrected chi connectivity index (χ3v) is 5.08. The maximum Gasteiger partial charge on any atom is 0.534 e. The zero-order valence-corrected chi connectivity index (χ0v) is 14.1. The number of hydrogen-bond donors (Lipinski definition) is 1. The van der Waals surface area contributed by atoms with Crippen molar-refractivity contribution in [2.45, 2.75) is 24.3 Å². The molecule has 0 spiro atoms. The summed E-state index contributed by atoms with van der Waals surface area (Å²) in [6.07, 6.45) is 2.11. The van der Waals surface area contributed by atoms with E-state index in [0.717, 1.165) is 12.1 Å². The van der Waals surface area contributed by atoms with Gasteiger partial charge in [-0.25, -0.2) is 0 Å². The van der Waals surface area contributed by atoms with Crippen LogP contribution in [0.1, 0.15) is 24.3 Å². The summed E-state index contributed by atoms with van der Waals surface area (Å²) < 4.78 is 65.3. The number of carbonyl (C=O) groups is 2. The minimum atomic E-state index is -5.77. The molecule has 0 radical (unpaired) electrons. The average molecular weight is 390 g/mol. The summed E-state index contributed by atoms with van der Waals surface area (Å²) in [5, 5.41) is 2.80. The predicted octanol–water partition coefficient (Wildman–Crippen LogP) is 1.93. The van der Waals surface area contributed by atoms with Gasteiger partial charge in [0.05, 0.1) is 11.4 Å². The molecule has 140 valence electrons. The van der Waals surface area contributed by atoms with Crippen molar-refractivity contribution in [3.05, 3.63) is 30.0 Å². The van der Waals surface area contributed by atoms with Gasteiger partial charge in [0.15, 0.2) is 0 Å². The number of aryl methyl sites for hydroxylation is 1. The van der Waals surface area contributed by atoms with Gasteiger partial charge in [-0.15, -0.1) is 0 Å². The van der Waals surface area contributed by atoms with Gasteiger partial charge in [0.25, 0.3) is 0 Å². The molecular weight excluding hydrogens is 377 g/mol. The van der Waals surface area contributed by atoms with Crippen LogP contribution < -0.4 is 9.50 Å². The van der Waals surface area contributed by atoms with Crippen molar-refractivity contribution in [1.29, 1.82) is 0 Å². The lowest BCUT2D eigenvalue weighted by Gasteiger charge is -2.20. The van der Waals surface area contributed by atoms with Gasteiger partial charge in [-0.05, 0) is 24.1 Å². The topological polar surface area (TPSA) is 94.5 Å². The number of carbonyl (C=O) groups excluding carboxylic acids is 2. The van der Waals surface area contributed by atoms with E-state index in [9.17, 15) is 31.2 Å². The van der Waals surface area contributed by atoms with Crippen molar-refractivity contribution < 1.29 is 35.4 Å². The second-order valence-corrected chi connectivity index (χ2v) is 7.40. The Hall–Kier alpha value is -2.56. The van der Waals surface area contributed by atoms with Crippen LogP contribution in [0.2, 0.25) is 0 Å². The summed E-state index contributed by atoms with van der Waals surface area (Å²) in [5.74, 6) is -1.89. The molecular formula is C15H13F3N2O5S. The molecule has 26 heavy (non-hydrogen) atoms. The van der Waals surface area contributed by atoms with E-state index in [1.807, 2.05) is 0 Å². The Morgan fingerprint density at radius 2 is 1.96 bits per heavy atom. The number of imide groups is 1. The molecule has 2 amide bonds. The third-order valence-electron chi connectivity index (χ3n) is 4.10. The monoisotopic (exact) mass is 390 g/mol. The van der Waals surface area contributed by atoms with E-state index in [-0.39, 0.29) is 12.3 Å². The molecule has 1 saturated heterocycles. The lowest BCUT2D eigenvalue weighted by Crippen LogP contribution is -2.39. The van der Waals surface area contributed by atoms with E-state index < -0.39 is 33.2 Å². The van der Waals surface area contributed by atoms with Crippen LogP contribution in [0.15, 0.2) is 24.4 Å². The summed E-state index contributed by atoms with van der Waals surface area (Å²) >= 11 is 0. The third kappa shape index (κ3) is 3.14. The smallest absolute Gasteiger partial charge is 0.376 e. The number of hydrogen-bond acceptors (Lipinski definition) is 5. The molecule has 0 aliphatic carbocycles. The highest BCUT2D eigenvalue weighted by Crippen LogP contribution is 2.35. The highest BCUT2D eigenvalue weighted by atomic mass is 32.2. The standard InChI is InChI=1S/C15H13F3N2O5S/c1-20-7-11(10-4-5-13(21)19-14(10)22)9-3-2-8(6-12(9)20)25-26(23,24)15(16,17)18/h2-3,6-7,10H,4-5H2,1H3,(H,19,21,22). The van der Waals surface area contributed by atoms with Crippen LogP contribution in [0.4, 0.5) is 13.2 Å². The maximum absolute atomic E-state index is 12.4. The lowest BCUT2D eigenvalue weighted by atomic mass is 9.90. The maximum atomic E-state index is 12.4. The normalized spacial score (nSPS) is 18.8. The molecule has 1 N–H and O–H groups in total. The van der Waals surface area contributed by atoms with Crippen molar-refractivity contribution in [2.24, 2.45) is 7.05 Å². The first-order valence-electron chi connectivity index (χ1n) is 7.43. The highest BCUT2D eigenvalue weighted by molar-refractivity contribution is 7.88. The number of amides is 2. The number of piperidine rings is 1. The fraction of sp³-hybridized carbons (Fsp3) is 0.333. The number of nitrogens with one attached hydrogen (secondary N) is 1. The summed E-state index contributed by atoms with van der Waals surface area (Å²) in [7, 11) is -4.17. The van der Waals surface area contributed by atoms with Crippen LogP contribution >= 0.6 is 0 Å². The lowest BCUT2D eigenvalue weighted by molar-refractivity contribution is -0.134. The Morgan fingerprint density at radius 3 is 2.58 bits per heavy atom. The Morgan fingerprint density at radius 1 is 1.27 bits per heavy atom. The van der Waals surface area contributed by atoms with Gasteiger partial charge in [0, 0.05) is 31.1 Å². The number of fused-ring (bicyclic) bond motifs is 1. The summed E-state index contributed by atoms with van der Waals surface area (Å²) in [4.78, 5) is 23.3. The Balaban J connectivity index is 1.99. The molecule has 1 fully saturated rings. The second-order valence-electron chi connectivity index (χ2n) is 5.86. The minimum Gasteiger partial charge on any atom is -0.376 e. The van der Waals surface area contributed by atoms with Crippen molar-refractivity contribution in [1.82, 2.24) is 9.88 Å². The molecule has 0 saturated carbocycles. The molecule has 1 aliphatic rings. The minimum absolute atomic E-state index is 0.178. The molecule has 1 unspecified atom stereocenters. The molecule has 1 aromatic heterocycles. The van der Waals surface area contributed by atoms with E-state index in [0.29, 0.717) is 22.9 Å². The molecule has 2 heterocycles. The van der Waals surface area contributed by atoms with Crippen LogP contribution in [0.25, 0.3) is 10.9 Å². The Kier molecular flexibility index (Phi) is 4.21. The zero-order chi connectivity index (χ0) is 19.3. The van der Waals surface area contributed by atoms with Gasteiger partial charge in [-0.1, -0.05) is 0 Å². The van der Waals surface area contributed by atoms with E-state index in [1.54, 1.807) is 17.8 Å². The van der Waals surface area contributed by atoms with Gasteiger partial charge in [0.2, 0.25) is 11.8 Å². The fourth-order valence-corrected chi connectivity index (χ4v) is 3.34. The molecule has 11 heteroatoms. The first-order valence-corrected chi connectivity index (χ1v) is 8.84. The van der Waals surface area contributed by atoms with Crippen LogP contribution in [-0.2, 0) is 26.8 Å². The molecule has 1 aromatic carbocycles. The first kappa shape index (κ1) is 18.2. The number of nitrogens with zero attached hydrogens (tertiary/aromatic N) is 1. The Bertz CT molecular complexity index is 1010. The SMILES string of the molecule is Cn1cc(C2CCC(=O)NC2=O)c2ccc(OS(=O)(=O)C(F)(F)F)cc21. The van der Waals surface area contributed by atoms with Gasteiger partial charge in [-0.3, -0.25) is 14.9 Å².